The molecule has 0 bridgehead atoms. The minimum absolute atomic E-state index is 0.204. The van der Waals surface area contributed by atoms with Gasteiger partial charge in [0.1, 0.15) is 0 Å². The van der Waals surface area contributed by atoms with E-state index in [4.69, 9.17) is 0 Å². The zero-order valence-corrected chi connectivity index (χ0v) is 19.9. The van der Waals surface area contributed by atoms with Gasteiger partial charge in [0.2, 0.25) is 0 Å². The van der Waals surface area contributed by atoms with Crippen molar-refractivity contribution in [1.82, 2.24) is 0 Å². The van der Waals surface area contributed by atoms with Crippen molar-refractivity contribution < 1.29 is 0 Å². The average Bonchev–Trinajstić information content (AvgIpc) is 3.14. The highest BCUT2D eigenvalue weighted by molar-refractivity contribution is 9.10. The van der Waals surface area contributed by atoms with Gasteiger partial charge in [-0.25, -0.2) is 0 Å². The van der Waals surface area contributed by atoms with E-state index in [0.29, 0.717) is 0 Å². The van der Waals surface area contributed by atoms with Crippen LogP contribution in [0.25, 0.3) is 19.5 Å². The molecular weight excluding hydrogens is 428 g/mol. The molecular formula is C21H25BrS3. The third-order valence-electron chi connectivity index (χ3n) is 4.14. The van der Waals surface area contributed by atoms with Crippen LogP contribution < -0.4 is 0 Å². The number of hydrogen-bond donors (Lipinski definition) is 0. The highest BCUT2D eigenvalue weighted by Crippen LogP contribution is 2.48. The van der Waals surface area contributed by atoms with Crippen molar-refractivity contribution in [3.63, 3.8) is 0 Å². The zero-order valence-electron chi connectivity index (χ0n) is 15.9. The Morgan fingerprint density at radius 2 is 1.36 bits per heavy atom. The van der Waals surface area contributed by atoms with E-state index in [1.54, 1.807) is 0 Å². The largest absolute Gasteiger partial charge is 0.139 e. The van der Waals surface area contributed by atoms with Crippen LogP contribution in [0.2, 0.25) is 0 Å². The van der Waals surface area contributed by atoms with Gasteiger partial charge in [0.05, 0.1) is 4.88 Å². The summed E-state index contributed by atoms with van der Waals surface area (Å²) < 4.78 is 1.21. The number of aryl methyl sites for hydroxylation is 1. The van der Waals surface area contributed by atoms with Crippen LogP contribution in [0.1, 0.15) is 56.9 Å². The Labute approximate surface area is 172 Å². The Kier molecular flexibility index (Phi) is 5.13. The van der Waals surface area contributed by atoms with E-state index in [-0.39, 0.29) is 10.8 Å². The molecule has 0 aliphatic rings. The summed E-state index contributed by atoms with van der Waals surface area (Å²) in [7, 11) is 0. The topological polar surface area (TPSA) is 0 Å². The van der Waals surface area contributed by atoms with Crippen LogP contribution in [-0.4, -0.2) is 0 Å². The molecule has 0 fully saturated rings. The number of thiophene rings is 3. The van der Waals surface area contributed by atoms with Gasteiger partial charge in [0.15, 0.2) is 0 Å². The van der Waals surface area contributed by atoms with Crippen molar-refractivity contribution in [1.29, 1.82) is 0 Å². The van der Waals surface area contributed by atoms with E-state index < -0.39 is 0 Å². The Morgan fingerprint density at radius 3 is 1.88 bits per heavy atom. The van der Waals surface area contributed by atoms with E-state index in [0.717, 1.165) is 0 Å². The van der Waals surface area contributed by atoms with Crippen LogP contribution in [0, 0.1) is 6.92 Å². The van der Waals surface area contributed by atoms with Crippen LogP contribution >= 0.6 is 49.9 Å². The second-order valence-corrected chi connectivity index (χ2v) is 12.6. The van der Waals surface area contributed by atoms with Crippen molar-refractivity contribution in [2.75, 3.05) is 0 Å². The SMILES string of the molecule is Cc1cc(C(C)(C)C)sc1-c1sc(-c2ccc(C(C)(C)C)s2)cc1Br. The van der Waals surface area contributed by atoms with Gasteiger partial charge >= 0.3 is 0 Å². The average molecular weight is 454 g/mol. The Hall–Kier alpha value is -0.420. The first-order valence-electron chi connectivity index (χ1n) is 8.48. The van der Waals surface area contributed by atoms with Gasteiger partial charge < -0.3 is 0 Å². The highest BCUT2D eigenvalue weighted by atomic mass is 79.9. The van der Waals surface area contributed by atoms with Crippen LogP contribution in [-0.2, 0) is 10.8 Å². The lowest BCUT2D eigenvalue weighted by molar-refractivity contribution is 0.603. The molecule has 0 N–H and O–H groups in total. The first kappa shape index (κ1) is 19.3. The molecule has 0 aromatic carbocycles. The summed E-state index contributed by atoms with van der Waals surface area (Å²) in [5.41, 5.74) is 1.80. The van der Waals surface area contributed by atoms with Crippen molar-refractivity contribution in [3.8, 4) is 19.5 Å². The predicted molar refractivity (Wildman–Crippen MR) is 121 cm³/mol. The van der Waals surface area contributed by atoms with Crippen molar-refractivity contribution in [2.45, 2.75) is 59.3 Å². The van der Waals surface area contributed by atoms with Crippen molar-refractivity contribution in [2.24, 2.45) is 0 Å². The van der Waals surface area contributed by atoms with E-state index in [1.165, 1.54) is 39.3 Å². The quantitative estimate of drug-likeness (QED) is 0.363. The third kappa shape index (κ3) is 3.97. The molecule has 3 rings (SSSR count). The number of halogens is 1. The number of rotatable bonds is 2. The molecule has 0 aliphatic carbocycles. The monoisotopic (exact) mass is 452 g/mol. The summed E-state index contributed by atoms with van der Waals surface area (Å²) in [6.07, 6.45) is 0. The Bertz CT molecular complexity index is 895. The number of hydrogen-bond acceptors (Lipinski definition) is 3. The summed E-state index contributed by atoms with van der Waals surface area (Å²) in [5.74, 6) is 0. The fourth-order valence-electron chi connectivity index (χ4n) is 2.60. The lowest BCUT2D eigenvalue weighted by Gasteiger charge is -2.15. The molecule has 0 aliphatic heterocycles. The molecule has 0 saturated heterocycles. The minimum atomic E-state index is 0.204. The fraction of sp³-hybridized carbons (Fsp3) is 0.429. The summed E-state index contributed by atoms with van der Waals surface area (Å²) in [6.45, 7) is 15.9. The molecule has 0 unspecified atom stereocenters. The van der Waals surface area contributed by atoms with E-state index in [9.17, 15) is 0 Å². The molecule has 25 heavy (non-hydrogen) atoms. The van der Waals surface area contributed by atoms with Gasteiger partial charge in [-0.3, -0.25) is 0 Å². The first-order chi connectivity index (χ1) is 11.5. The van der Waals surface area contributed by atoms with E-state index >= 15 is 0 Å². The Balaban J connectivity index is 2.02. The van der Waals surface area contributed by atoms with Gasteiger partial charge in [-0.2, -0.15) is 0 Å². The van der Waals surface area contributed by atoms with E-state index in [1.807, 2.05) is 34.0 Å². The highest BCUT2D eigenvalue weighted by Gasteiger charge is 2.22. The first-order valence-corrected chi connectivity index (χ1v) is 11.7. The summed E-state index contributed by atoms with van der Waals surface area (Å²) in [6, 6.07) is 9.19. The molecule has 0 amide bonds. The lowest BCUT2D eigenvalue weighted by atomic mass is 9.94. The molecule has 134 valence electrons. The molecule has 3 aromatic rings. The second kappa shape index (κ2) is 6.63. The van der Waals surface area contributed by atoms with Gasteiger partial charge in [-0.15, -0.1) is 34.0 Å². The standard InChI is InChI=1S/C21H25BrS3/c1-12-10-17(21(5,6)7)25-18(12)19-13(22)11-15(24-19)14-8-9-16(23-14)20(2,3)4/h8-11H,1-7H3. The normalized spacial score (nSPS) is 12.8. The van der Waals surface area contributed by atoms with Gasteiger partial charge in [-0.1, -0.05) is 41.5 Å². The molecule has 0 saturated carbocycles. The third-order valence-corrected chi connectivity index (χ3v) is 9.69. The van der Waals surface area contributed by atoms with Gasteiger partial charge in [0, 0.05) is 28.9 Å². The summed E-state index contributed by atoms with van der Waals surface area (Å²) >= 11 is 9.57. The Morgan fingerprint density at radius 1 is 0.720 bits per heavy atom. The predicted octanol–water partition coefficient (Wildman–Crippen LogP) is 8.87. The molecule has 3 aromatic heterocycles. The van der Waals surface area contributed by atoms with Crippen LogP contribution in [0.3, 0.4) is 0 Å². The maximum atomic E-state index is 3.81. The van der Waals surface area contributed by atoms with E-state index in [2.05, 4.69) is 88.7 Å². The maximum absolute atomic E-state index is 3.81. The van der Waals surface area contributed by atoms with Gasteiger partial charge in [0.25, 0.3) is 0 Å². The summed E-state index contributed by atoms with van der Waals surface area (Å²) in [4.78, 5) is 8.38. The molecule has 0 atom stereocenters. The molecule has 0 radical (unpaired) electrons. The zero-order chi connectivity index (χ0) is 18.6. The minimum Gasteiger partial charge on any atom is -0.139 e. The molecule has 4 heteroatoms. The fourth-order valence-corrected chi connectivity index (χ4v) is 7.18. The molecule has 0 nitrogen and oxygen atoms in total. The van der Waals surface area contributed by atoms with Crippen LogP contribution in [0.5, 0.6) is 0 Å². The van der Waals surface area contributed by atoms with Crippen molar-refractivity contribution in [3.05, 3.63) is 44.1 Å². The van der Waals surface area contributed by atoms with Crippen LogP contribution in [0.4, 0.5) is 0 Å². The molecule has 3 heterocycles. The lowest BCUT2D eigenvalue weighted by Crippen LogP contribution is -2.07. The van der Waals surface area contributed by atoms with Crippen LogP contribution in [0.15, 0.2) is 28.7 Å². The van der Waals surface area contributed by atoms with Crippen molar-refractivity contribution >= 4 is 49.9 Å². The second-order valence-electron chi connectivity index (χ2n) is 8.57. The maximum Gasteiger partial charge on any atom is 0.0594 e. The van der Waals surface area contributed by atoms with Gasteiger partial charge in [-0.05, 0) is 63.5 Å². The molecule has 0 spiro atoms. The smallest absolute Gasteiger partial charge is 0.0594 e. The summed E-state index contributed by atoms with van der Waals surface area (Å²) in [5, 5.41) is 0.